The number of nitrogen functional groups attached to an aromatic ring is 1. The van der Waals surface area contributed by atoms with Gasteiger partial charge in [-0.15, -0.1) is 0 Å². The number of fused-ring (bicyclic) bond motifs is 1. The van der Waals surface area contributed by atoms with E-state index in [0.29, 0.717) is 11.0 Å². The van der Waals surface area contributed by atoms with Crippen LogP contribution in [0.5, 0.6) is 0 Å². The molecule has 0 aromatic carbocycles. The summed E-state index contributed by atoms with van der Waals surface area (Å²) in [6.45, 7) is -0.746. The van der Waals surface area contributed by atoms with Gasteiger partial charge in [0.2, 0.25) is 0 Å². The van der Waals surface area contributed by atoms with Crippen molar-refractivity contribution in [2.75, 3.05) is 46.6 Å². The van der Waals surface area contributed by atoms with Crippen LogP contribution in [0.3, 0.4) is 0 Å². The number of nitrogens with one attached hydrogen (secondary N) is 4. The van der Waals surface area contributed by atoms with Crippen molar-refractivity contribution in [3.8, 4) is 0 Å². The third kappa shape index (κ3) is 9.61. The monoisotopic (exact) mass is 657 g/mol. The van der Waals surface area contributed by atoms with E-state index in [-0.39, 0.29) is 23.6 Å². The molecule has 22 nitrogen and oxygen atoms in total. The maximum Gasteiger partial charge on any atom is 0.481 e. The first-order valence-electron chi connectivity index (χ1n) is 12.0. The first-order valence-corrected chi connectivity index (χ1v) is 15.0. The van der Waals surface area contributed by atoms with Gasteiger partial charge in [0.15, 0.2) is 6.23 Å². The molecular formula is C19H31N8O14P2+. The molecule has 4 rings (SSSR count). The molecule has 4 heterocycles. The third-order valence-corrected chi connectivity index (χ3v) is 8.14. The third-order valence-electron chi connectivity index (χ3n) is 5.51. The van der Waals surface area contributed by atoms with Gasteiger partial charge in [0.1, 0.15) is 48.4 Å². The second-order valence-electron chi connectivity index (χ2n) is 9.99. The number of phosphoric acid groups is 2. The maximum absolute atomic E-state index is 12.0. The zero-order chi connectivity index (χ0) is 32.3. The van der Waals surface area contributed by atoms with Gasteiger partial charge in [-0.3, -0.25) is 38.3 Å². The maximum atomic E-state index is 12.0. The molecule has 0 spiro atoms. The highest BCUT2D eigenvalue weighted by atomic mass is 31.3. The van der Waals surface area contributed by atoms with Crippen molar-refractivity contribution in [1.82, 2.24) is 29.5 Å². The number of aromatic nitrogens is 6. The number of rotatable bonds is 10. The minimum atomic E-state index is -5.11. The fourth-order valence-electron chi connectivity index (χ4n) is 3.45. The number of H-pyrrole nitrogens is 4. The van der Waals surface area contributed by atoms with Crippen molar-refractivity contribution in [3.63, 3.8) is 0 Å². The summed E-state index contributed by atoms with van der Waals surface area (Å²) in [7, 11) is -4.64. The second-order valence-corrected chi connectivity index (χ2v) is 13.0. The molecule has 0 saturated carbocycles. The first kappa shape index (κ1) is 34.2. The summed E-state index contributed by atoms with van der Waals surface area (Å²) in [5.74, 6) is -0.0652. The summed E-state index contributed by atoms with van der Waals surface area (Å²) < 4.78 is 43.9. The number of aliphatic hydroxyl groups is 2. The van der Waals surface area contributed by atoms with Crippen LogP contribution in [-0.4, -0.2) is 113 Å². The predicted molar refractivity (Wildman–Crippen MR) is 145 cm³/mol. The minimum Gasteiger partial charge on any atom is -0.387 e. The Morgan fingerprint density at radius 1 is 1.00 bits per heavy atom. The Morgan fingerprint density at radius 3 is 2.21 bits per heavy atom. The number of likely N-dealkylation sites (N-methyl/N-ethyl adjacent to an activating group) is 1. The number of ether oxygens (including phenoxy) is 1. The molecule has 1 aliphatic heterocycles. The molecule has 0 aliphatic carbocycles. The van der Waals surface area contributed by atoms with Crippen molar-refractivity contribution in [1.29, 1.82) is 0 Å². The number of hydrogen-bond donors (Lipinski definition) is 9. The SMILES string of the molecule is C[N+](C)(C)CCOP(=O)(O)OP(=O)(O)OC[C@H]1O[C@@H](n2ccc(N)nc2=O)[C@H](O)[C@@H]1O.O=c1[nH]c(=O)c2[nH]c(=O)[nH]c2[nH]1. The van der Waals surface area contributed by atoms with Crippen molar-refractivity contribution in [3.05, 3.63) is 54.1 Å². The summed E-state index contributed by atoms with van der Waals surface area (Å²) >= 11 is 0. The largest absolute Gasteiger partial charge is 0.481 e. The highest BCUT2D eigenvalue weighted by Gasteiger charge is 2.46. The number of anilines is 1. The Morgan fingerprint density at radius 2 is 1.60 bits per heavy atom. The minimum absolute atomic E-state index is 0.0413. The molecule has 3 aromatic rings. The summed E-state index contributed by atoms with van der Waals surface area (Å²) in [5.41, 5.74) is 2.88. The number of quaternary nitrogens is 1. The van der Waals surface area contributed by atoms with Gasteiger partial charge in [-0.25, -0.2) is 23.5 Å². The van der Waals surface area contributed by atoms with E-state index in [4.69, 9.17) is 10.5 Å². The van der Waals surface area contributed by atoms with Crippen LogP contribution in [0.25, 0.3) is 11.2 Å². The molecule has 1 fully saturated rings. The fraction of sp³-hybridized carbons (Fsp3) is 0.526. The average Bonchev–Trinajstić information content (AvgIpc) is 3.35. The molecule has 10 N–H and O–H groups in total. The standard InChI is InChI=1S/C14H26N4O11P2.C5H4N4O3/c1-18(2,3)6-7-26-30(22,23)29-31(24,25)27-8-9-11(19)12(20)13(28-9)17-5-4-10(15)16-14(17)21;10-3-1-2(7-4(11)6-1)8-5(12)9-3/h4-5,9,11-13,19-20H,6-8H2,1-3H3,(H3-,15,16,21,22,23,24,25);(H4,6,7,8,9,10,11,12)/p+1/t9-,11-,12-,13-;/m1./s1. The first-order chi connectivity index (χ1) is 19.8. The van der Waals surface area contributed by atoms with Crippen LogP contribution in [0.15, 0.2) is 31.4 Å². The molecule has 1 saturated heterocycles. The Hall–Kier alpha value is -3.27. The number of nitrogens with two attached hydrogens (primary N) is 1. The lowest BCUT2D eigenvalue weighted by molar-refractivity contribution is -0.870. The van der Waals surface area contributed by atoms with E-state index in [9.17, 15) is 48.3 Å². The van der Waals surface area contributed by atoms with Gasteiger partial charge in [0.05, 0.1) is 27.7 Å². The normalized spacial score (nSPS) is 23.3. The number of imidazole rings is 1. The molecule has 3 aromatic heterocycles. The van der Waals surface area contributed by atoms with Gasteiger partial charge < -0.3 is 35.0 Å². The molecule has 240 valence electrons. The van der Waals surface area contributed by atoms with Gasteiger partial charge >= 0.3 is 32.7 Å². The summed E-state index contributed by atoms with van der Waals surface area (Å²) in [4.78, 5) is 75.6. The van der Waals surface area contributed by atoms with Crippen LogP contribution in [0.1, 0.15) is 6.23 Å². The predicted octanol–water partition coefficient (Wildman–Crippen LogP) is -3.37. The Labute approximate surface area is 239 Å². The van der Waals surface area contributed by atoms with Gasteiger partial charge in [-0.2, -0.15) is 9.29 Å². The number of phosphoric ester groups is 2. The highest BCUT2D eigenvalue weighted by molar-refractivity contribution is 7.61. The summed E-state index contributed by atoms with van der Waals surface area (Å²) in [6, 6.07) is 1.26. The van der Waals surface area contributed by atoms with E-state index >= 15 is 0 Å². The lowest BCUT2D eigenvalue weighted by Gasteiger charge is -2.24. The van der Waals surface area contributed by atoms with Gasteiger partial charge in [-0.05, 0) is 6.07 Å². The molecular weight excluding hydrogens is 626 g/mol. The molecule has 43 heavy (non-hydrogen) atoms. The van der Waals surface area contributed by atoms with Crippen molar-refractivity contribution >= 4 is 32.6 Å². The van der Waals surface area contributed by atoms with Crippen LogP contribution in [-0.2, 0) is 27.2 Å². The lowest BCUT2D eigenvalue weighted by atomic mass is 10.1. The molecule has 24 heteroatoms. The number of hydrogen-bond acceptors (Lipinski definition) is 14. The summed E-state index contributed by atoms with van der Waals surface area (Å²) in [5, 5.41) is 20.2. The van der Waals surface area contributed by atoms with Gasteiger partial charge in [0, 0.05) is 6.20 Å². The second kappa shape index (κ2) is 13.2. The van der Waals surface area contributed by atoms with E-state index in [0.717, 1.165) is 4.57 Å². The van der Waals surface area contributed by atoms with Gasteiger partial charge in [0.25, 0.3) is 5.56 Å². The zero-order valence-electron chi connectivity index (χ0n) is 22.8. The Kier molecular flexibility index (Phi) is 10.5. The Bertz CT molecular complexity index is 1760. The topological polar surface area (TPSA) is 327 Å². The average molecular weight is 657 g/mol. The molecule has 1 aliphatic rings. The van der Waals surface area contributed by atoms with E-state index in [1.807, 2.05) is 4.98 Å². The molecule has 6 atom stereocenters. The van der Waals surface area contributed by atoms with Crippen molar-refractivity contribution in [2.24, 2.45) is 0 Å². The number of aliphatic hydroxyl groups excluding tert-OH is 2. The summed E-state index contributed by atoms with van der Waals surface area (Å²) in [6.07, 6.45) is -4.82. The zero-order valence-corrected chi connectivity index (χ0v) is 24.6. The van der Waals surface area contributed by atoms with Crippen molar-refractivity contribution in [2.45, 2.75) is 24.5 Å². The Balaban J connectivity index is 0.000000347. The van der Waals surface area contributed by atoms with Crippen molar-refractivity contribution < 1.29 is 51.7 Å². The van der Waals surface area contributed by atoms with E-state index < -0.39 is 69.4 Å². The molecule has 0 radical (unpaired) electrons. The van der Waals surface area contributed by atoms with Crippen LogP contribution >= 0.6 is 15.6 Å². The van der Waals surface area contributed by atoms with Crippen LogP contribution in [0.4, 0.5) is 5.82 Å². The number of aromatic amines is 4. The van der Waals surface area contributed by atoms with E-state index in [1.54, 1.807) is 21.1 Å². The van der Waals surface area contributed by atoms with Crippen LogP contribution in [0, 0.1) is 0 Å². The van der Waals surface area contributed by atoms with E-state index in [2.05, 4.69) is 33.3 Å². The highest BCUT2D eigenvalue weighted by Crippen LogP contribution is 2.60. The van der Waals surface area contributed by atoms with E-state index in [1.165, 1.54) is 12.3 Å². The fourth-order valence-corrected chi connectivity index (χ4v) is 5.52. The number of nitrogens with zero attached hydrogens (tertiary/aromatic N) is 3. The van der Waals surface area contributed by atoms with Crippen LogP contribution in [0.2, 0.25) is 0 Å². The van der Waals surface area contributed by atoms with Crippen LogP contribution < -0.4 is 28.4 Å². The lowest BCUT2D eigenvalue weighted by Crippen LogP contribution is -2.37. The smallest absolute Gasteiger partial charge is 0.387 e. The molecule has 2 unspecified atom stereocenters. The van der Waals surface area contributed by atoms with Gasteiger partial charge in [-0.1, -0.05) is 0 Å². The molecule has 0 bridgehead atoms. The molecule has 0 amide bonds. The quantitative estimate of drug-likeness (QED) is 0.0759.